The quantitative estimate of drug-likeness (QED) is 0.843. The van der Waals surface area contributed by atoms with E-state index in [-0.39, 0.29) is 24.2 Å². The zero-order valence-electron chi connectivity index (χ0n) is 16.0. The van der Waals surface area contributed by atoms with Gasteiger partial charge in [-0.05, 0) is 51.2 Å². The molecule has 3 fully saturated rings. The molecule has 4 rings (SSSR count). The van der Waals surface area contributed by atoms with Crippen LogP contribution in [0.5, 0.6) is 0 Å². The molecule has 6 heteroatoms. The van der Waals surface area contributed by atoms with Crippen LogP contribution in [-0.4, -0.2) is 59.9 Å². The first kappa shape index (κ1) is 20.2. The molecule has 1 aromatic carbocycles. The second-order valence-corrected chi connectivity index (χ2v) is 8.43. The predicted molar refractivity (Wildman–Crippen MR) is 108 cm³/mol. The van der Waals surface area contributed by atoms with E-state index >= 15 is 0 Å². The van der Waals surface area contributed by atoms with Crippen LogP contribution in [0.4, 0.5) is 0 Å². The molecule has 0 saturated carbocycles. The molecule has 1 aromatic rings. The van der Waals surface area contributed by atoms with Crippen molar-refractivity contribution >= 4 is 24.2 Å². The van der Waals surface area contributed by atoms with E-state index in [1.165, 1.54) is 12.8 Å². The number of rotatable bonds is 2. The fourth-order valence-corrected chi connectivity index (χ4v) is 4.86. The number of likely N-dealkylation sites (tertiary alicyclic amines) is 2. The number of piperidine rings is 1. The topological polar surface area (TPSA) is 52.7 Å². The van der Waals surface area contributed by atoms with Gasteiger partial charge >= 0.3 is 0 Å². The van der Waals surface area contributed by atoms with E-state index in [1.807, 2.05) is 35.2 Å². The summed E-state index contributed by atoms with van der Waals surface area (Å²) in [5.41, 5.74) is 0.243. The number of benzene rings is 1. The number of carbonyl (C=O) groups is 2. The zero-order chi connectivity index (χ0) is 18.1. The molecule has 0 aromatic heterocycles. The largest absolute Gasteiger partial charge is 0.341 e. The Hall–Kier alpha value is -1.59. The van der Waals surface area contributed by atoms with Gasteiger partial charge in [0.2, 0.25) is 5.91 Å². The Kier molecular flexibility index (Phi) is 6.11. The highest BCUT2D eigenvalue weighted by molar-refractivity contribution is 5.95. The lowest BCUT2D eigenvalue weighted by atomic mass is 9.80. The van der Waals surface area contributed by atoms with Crippen molar-refractivity contribution in [3.63, 3.8) is 0 Å². The van der Waals surface area contributed by atoms with Crippen molar-refractivity contribution in [2.45, 2.75) is 51.1 Å². The Labute approximate surface area is 167 Å². The monoisotopic (exact) mass is 391 g/mol. The van der Waals surface area contributed by atoms with Gasteiger partial charge in [0.15, 0.2) is 0 Å². The van der Waals surface area contributed by atoms with Gasteiger partial charge in [-0.3, -0.25) is 9.59 Å². The van der Waals surface area contributed by atoms with Gasteiger partial charge in [-0.25, -0.2) is 0 Å². The maximum absolute atomic E-state index is 13.4. The minimum atomic E-state index is -0.466. The van der Waals surface area contributed by atoms with Crippen molar-refractivity contribution in [1.29, 1.82) is 0 Å². The van der Waals surface area contributed by atoms with Crippen molar-refractivity contribution in [3.05, 3.63) is 35.9 Å². The first-order valence-electron chi connectivity index (χ1n) is 9.95. The van der Waals surface area contributed by atoms with E-state index in [1.54, 1.807) is 0 Å². The van der Waals surface area contributed by atoms with Gasteiger partial charge in [0, 0.05) is 43.8 Å². The fraction of sp³-hybridized carbons (Fsp3) is 0.619. The summed E-state index contributed by atoms with van der Waals surface area (Å²) in [5, 5.41) is 3.64. The molecule has 27 heavy (non-hydrogen) atoms. The highest BCUT2D eigenvalue weighted by atomic mass is 35.5. The Morgan fingerprint density at radius 2 is 1.78 bits per heavy atom. The minimum absolute atomic E-state index is 0. The number of fused-ring (bicyclic) bond motifs is 2. The zero-order valence-corrected chi connectivity index (χ0v) is 16.8. The summed E-state index contributed by atoms with van der Waals surface area (Å²) >= 11 is 0. The Morgan fingerprint density at radius 1 is 1.04 bits per heavy atom. The van der Waals surface area contributed by atoms with E-state index in [2.05, 4.69) is 17.1 Å². The highest BCUT2D eigenvalue weighted by Crippen LogP contribution is 2.33. The molecular weight excluding hydrogens is 362 g/mol. The summed E-state index contributed by atoms with van der Waals surface area (Å²) in [6, 6.07) is 10.4. The van der Waals surface area contributed by atoms with E-state index in [9.17, 15) is 9.59 Å². The average molecular weight is 392 g/mol. The van der Waals surface area contributed by atoms with Crippen molar-refractivity contribution in [2.75, 3.05) is 26.2 Å². The fourth-order valence-electron chi connectivity index (χ4n) is 4.86. The number of amides is 2. The lowest BCUT2D eigenvalue weighted by Gasteiger charge is -2.42. The van der Waals surface area contributed by atoms with Crippen molar-refractivity contribution in [1.82, 2.24) is 15.1 Å². The molecule has 1 N–H and O–H groups in total. The lowest BCUT2D eigenvalue weighted by Crippen LogP contribution is -2.54. The number of nitrogens with zero attached hydrogens (tertiary/aromatic N) is 2. The number of nitrogens with one attached hydrogen (secondary N) is 1. The van der Waals surface area contributed by atoms with Crippen LogP contribution in [0, 0.1) is 5.41 Å². The summed E-state index contributed by atoms with van der Waals surface area (Å²) < 4.78 is 0. The molecule has 3 aliphatic heterocycles. The predicted octanol–water partition coefficient (Wildman–Crippen LogP) is 2.70. The molecule has 0 aliphatic carbocycles. The average Bonchev–Trinajstić information content (AvgIpc) is 3.00. The van der Waals surface area contributed by atoms with Crippen LogP contribution in [0.15, 0.2) is 30.3 Å². The van der Waals surface area contributed by atoms with Crippen LogP contribution in [-0.2, 0) is 4.79 Å². The second kappa shape index (κ2) is 8.19. The van der Waals surface area contributed by atoms with Gasteiger partial charge in [-0.2, -0.15) is 0 Å². The molecule has 3 atom stereocenters. The Bertz CT molecular complexity index is 683. The molecule has 3 unspecified atom stereocenters. The molecule has 3 saturated heterocycles. The molecule has 2 amide bonds. The number of halogens is 1. The van der Waals surface area contributed by atoms with Gasteiger partial charge in [0.25, 0.3) is 5.91 Å². The van der Waals surface area contributed by atoms with E-state index in [0.29, 0.717) is 24.2 Å². The van der Waals surface area contributed by atoms with Crippen LogP contribution in [0.1, 0.15) is 49.4 Å². The maximum atomic E-state index is 13.4. The van der Waals surface area contributed by atoms with Gasteiger partial charge in [0.1, 0.15) is 0 Å². The summed E-state index contributed by atoms with van der Waals surface area (Å²) in [6.45, 7) is 4.98. The van der Waals surface area contributed by atoms with Crippen LogP contribution in [0.25, 0.3) is 0 Å². The van der Waals surface area contributed by atoms with Crippen LogP contribution in [0.3, 0.4) is 0 Å². The highest BCUT2D eigenvalue weighted by Gasteiger charge is 2.43. The normalized spacial score (nSPS) is 30.4. The molecule has 0 radical (unpaired) electrons. The third-order valence-corrected chi connectivity index (χ3v) is 6.33. The minimum Gasteiger partial charge on any atom is -0.341 e. The van der Waals surface area contributed by atoms with Crippen molar-refractivity contribution in [2.24, 2.45) is 5.41 Å². The maximum Gasteiger partial charge on any atom is 0.253 e. The number of hydrogen-bond donors (Lipinski definition) is 1. The third kappa shape index (κ3) is 4.14. The molecule has 3 heterocycles. The van der Waals surface area contributed by atoms with E-state index in [0.717, 1.165) is 38.9 Å². The molecular formula is C21H30ClN3O2. The van der Waals surface area contributed by atoms with Gasteiger partial charge in [-0.15, -0.1) is 12.4 Å². The van der Waals surface area contributed by atoms with E-state index in [4.69, 9.17) is 0 Å². The molecule has 148 valence electrons. The van der Waals surface area contributed by atoms with Gasteiger partial charge in [0.05, 0.1) is 5.41 Å². The Morgan fingerprint density at radius 3 is 2.56 bits per heavy atom. The number of carbonyl (C=O) groups excluding carboxylic acids is 2. The van der Waals surface area contributed by atoms with Gasteiger partial charge < -0.3 is 15.1 Å². The van der Waals surface area contributed by atoms with Crippen LogP contribution < -0.4 is 5.32 Å². The molecule has 5 nitrogen and oxygen atoms in total. The molecule has 3 aliphatic rings. The molecule has 2 bridgehead atoms. The van der Waals surface area contributed by atoms with Crippen LogP contribution in [0.2, 0.25) is 0 Å². The summed E-state index contributed by atoms with van der Waals surface area (Å²) in [4.78, 5) is 30.1. The van der Waals surface area contributed by atoms with Gasteiger partial charge in [-0.1, -0.05) is 18.2 Å². The van der Waals surface area contributed by atoms with Crippen molar-refractivity contribution in [3.8, 4) is 0 Å². The van der Waals surface area contributed by atoms with Crippen LogP contribution >= 0.6 is 12.4 Å². The summed E-state index contributed by atoms with van der Waals surface area (Å²) in [6.07, 6.45) is 5.21. The standard InChI is InChI=1S/C21H29N3O2.ClH/c1-21(20(26)23-13-10-17-8-9-18(14-23)22-17)11-5-12-24(15-21)19(25)16-6-3-2-4-7-16;/h2-4,6-7,17-18,22H,5,8-15H2,1H3;1H. The second-order valence-electron chi connectivity index (χ2n) is 8.43. The third-order valence-electron chi connectivity index (χ3n) is 6.33. The summed E-state index contributed by atoms with van der Waals surface area (Å²) in [7, 11) is 0. The smallest absolute Gasteiger partial charge is 0.253 e. The SMILES string of the molecule is CC1(C(=O)N2CCC3CCC(C2)N3)CCCN(C(=O)c2ccccc2)C1.Cl. The van der Waals surface area contributed by atoms with Crippen molar-refractivity contribution < 1.29 is 9.59 Å². The first-order valence-corrected chi connectivity index (χ1v) is 9.95. The number of hydrogen-bond acceptors (Lipinski definition) is 3. The lowest BCUT2D eigenvalue weighted by molar-refractivity contribution is -0.144. The molecule has 0 spiro atoms. The van der Waals surface area contributed by atoms with E-state index < -0.39 is 5.41 Å². The Balaban J connectivity index is 0.00000210. The first-order chi connectivity index (χ1) is 12.5. The summed E-state index contributed by atoms with van der Waals surface area (Å²) in [5.74, 6) is 0.276.